The van der Waals surface area contributed by atoms with Crippen LogP contribution in [-0.2, 0) is 0 Å². The molecule has 0 aliphatic heterocycles. The van der Waals surface area contributed by atoms with E-state index in [9.17, 15) is 4.79 Å². The third-order valence-electron chi connectivity index (χ3n) is 3.28. The molecular weight excluding hydrogens is 286 g/mol. The number of nitrogens with zero attached hydrogens (tertiary/aromatic N) is 1. The van der Waals surface area contributed by atoms with Gasteiger partial charge >= 0.3 is 0 Å². The lowest BCUT2D eigenvalue weighted by Crippen LogP contribution is -1.92. The molecule has 0 spiro atoms. The lowest BCUT2D eigenvalue weighted by Gasteiger charge is -2.00. The predicted molar refractivity (Wildman–Crippen MR) is 92.2 cm³/mol. The summed E-state index contributed by atoms with van der Waals surface area (Å²) < 4.78 is 5.23. The molecule has 1 aromatic heterocycles. The Bertz CT molecular complexity index is 831. The molecule has 0 bridgehead atoms. The summed E-state index contributed by atoms with van der Waals surface area (Å²) >= 11 is 0. The minimum absolute atomic E-state index is 0.0320. The first-order valence-corrected chi connectivity index (χ1v) is 7.27. The number of para-hydroxylation sites is 1. The van der Waals surface area contributed by atoms with Crippen molar-refractivity contribution in [3.8, 4) is 0 Å². The van der Waals surface area contributed by atoms with Crippen LogP contribution in [0.4, 0.5) is 5.69 Å². The maximum absolute atomic E-state index is 12.1. The van der Waals surface area contributed by atoms with Gasteiger partial charge in [0.15, 0.2) is 5.78 Å². The lowest BCUT2D eigenvalue weighted by molar-refractivity contribution is 0.104. The van der Waals surface area contributed by atoms with E-state index in [0.29, 0.717) is 11.3 Å². The van der Waals surface area contributed by atoms with Gasteiger partial charge in [-0.05, 0) is 30.4 Å². The third-order valence-corrected chi connectivity index (χ3v) is 3.28. The third kappa shape index (κ3) is 3.92. The molecule has 3 nitrogen and oxygen atoms in total. The lowest BCUT2D eigenvalue weighted by atomic mass is 10.1. The molecule has 0 fully saturated rings. The van der Waals surface area contributed by atoms with Crippen LogP contribution in [0.5, 0.6) is 0 Å². The van der Waals surface area contributed by atoms with Crippen LogP contribution < -0.4 is 0 Å². The summed E-state index contributed by atoms with van der Waals surface area (Å²) in [5, 5.41) is 0. The van der Waals surface area contributed by atoms with Crippen LogP contribution in [-0.4, -0.2) is 12.0 Å². The average molecular weight is 301 g/mol. The van der Waals surface area contributed by atoms with E-state index in [1.807, 2.05) is 54.6 Å². The second-order valence-corrected chi connectivity index (χ2v) is 4.90. The highest BCUT2D eigenvalue weighted by Gasteiger charge is 2.01. The minimum atomic E-state index is -0.0320. The molecule has 0 saturated heterocycles. The Morgan fingerprint density at radius 3 is 2.48 bits per heavy atom. The van der Waals surface area contributed by atoms with Crippen molar-refractivity contribution in [2.45, 2.75) is 0 Å². The van der Waals surface area contributed by atoms with Crippen molar-refractivity contribution in [1.29, 1.82) is 0 Å². The first kappa shape index (κ1) is 14.7. The molecule has 2 aromatic carbocycles. The summed E-state index contributed by atoms with van der Waals surface area (Å²) in [5.41, 5.74) is 2.32. The molecule has 112 valence electrons. The largest absolute Gasteiger partial charge is 0.463 e. The molecule has 23 heavy (non-hydrogen) atoms. The second kappa shape index (κ2) is 7.18. The Balaban J connectivity index is 1.80. The van der Waals surface area contributed by atoms with Gasteiger partial charge in [-0.1, -0.05) is 48.5 Å². The summed E-state index contributed by atoms with van der Waals surface area (Å²) in [6, 6.07) is 20.5. The number of ketones is 1. The van der Waals surface area contributed by atoms with Crippen LogP contribution in [0.3, 0.4) is 0 Å². The normalized spacial score (nSPS) is 11.3. The molecule has 0 radical (unpaired) electrons. The van der Waals surface area contributed by atoms with Gasteiger partial charge in [0.1, 0.15) is 5.76 Å². The fraction of sp³-hybridized carbons (Fsp3) is 0. The van der Waals surface area contributed by atoms with Gasteiger partial charge in [-0.2, -0.15) is 0 Å². The van der Waals surface area contributed by atoms with E-state index >= 15 is 0 Å². The van der Waals surface area contributed by atoms with Crippen LogP contribution in [0.15, 0.2) is 88.5 Å². The van der Waals surface area contributed by atoms with E-state index < -0.39 is 0 Å². The number of carbonyl (C=O) groups is 1. The number of rotatable bonds is 5. The van der Waals surface area contributed by atoms with Gasteiger partial charge in [0.05, 0.1) is 18.2 Å². The summed E-state index contributed by atoms with van der Waals surface area (Å²) in [6.45, 7) is 0. The zero-order valence-electron chi connectivity index (χ0n) is 12.4. The molecule has 0 amide bonds. The van der Waals surface area contributed by atoms with E-state index in [-0.39, 0.29) is 5.78 Å². The minimum Gasteiger partial charge on any atom is -0.463 e. The van der Waals surface area contributed by atoms with Crippen LogP contribution in [0.1, 0.15) is 21.7 Å². The van der Waals surface area contributed by atoms with Crippen molar-refractivity contribution >= 4 is 23.8 Å². The van der Waals surface area contributed by atoms with Crippen LogP contribution in [0, 0.1) is 0 Å². The standard InChI is InChI=1S/C20H15NO2/c22-20(17-8-2-1-3-9-17)13-12-16-7-4-5-11-19(16)21-15-18-10-6-14-23-18/h1-15H/b13-12+,21-15?. The molecule has 0 saturated carbocycles. The summed E-state index contributed by atoms with van der Waals surface area (Å²) in [6.07, 6.45) is 6.61. The highest BCUT2D eigenvalue weighted by molar-refractivity contribution is 6.07. The molecule has 0 aliphatic rings. The van der Waals surface area contributed by atoms with Crippen molar-refractivity contribution < 1.29 is 9.21 Å². The van der Waals surface area contributed by atoms with Crippen molar-refractivity contribution in [3.63, 3.8) is 0 Å². The van der Waals surface area contributed by atoms with E-state index in [4.69, 9.17) is 4.42 Å². The maximum Gasteiger partial charge on any atom is 0.185 e. The SMILES string of the molecule is O=C(/C=C/c1ccccc1N=Cc1ccco1)c1ccccc1. The fourth-order valence-corrected chi connectivity index (χ4v) is 2.11. The monoisotopic (exact) mass is 301 g/mol. The molecular formula is C20H15NO2. The van der Waals surface area contributed by atoms with Crippen LogP contribution >= 0.6 is 0 Å². The van der Waals surface area contributed by atoms with Crippen LogP contribution in [0.2, 0.25) is 0 Å². The zero-order valence-corrected chi connectivity index (χ0v) is 12.4. The van der Waals surface area contributed by atoms with Gasteiger partial charge in [0.2, 0.25) is 0 Å². The average Bonchev–Trinajstić information content (AvgIpc) is 3.13. The summed E-state index contributed by atoms with van der Waals surface area (Å²) in [7, 11) is 0. The Labute approximate surface area is 134 Å². The highest BCUT2D eigenvalue weighted by Crippen LogP contribution is 2.20. The van der Waals surface area contributed by atoms with Crippen molar-refractivity contribution in [1.82, 2.24) is 0 Å². The quantitative estimate of drug-likeness (QED) is 0.381. The number of hydrogen-bond acceptors (Lipinski definition) is 3. The molecule has 3 rings (SSSR count). The number of furan rings is 1. The zero-order chi connectivity index (χ0) is 15.9. The molecule has 0 atom stereocenters. The second-order valence-electron chi connectivity index (χ2n) is 4.90. The molecule has 3 aromatic rings. The van der Waals surface area contributed by atoms with Crippen LogP contribution in [0.25, 0.3) is 6.08 Å². The first-order chi connectivity index (χ1) is 11.3. The maximum atomic E-state index is 12.1. The first-order valence-electron chi connectivity index (χ1n) is 7.27. The van der Waals surface area contributed by atoms with Gasteiger partial charge < -0.3 is 4.42 Å². The van der Waals surface area contributed by atoms with E-state index in [2.05, 4.69) is 4.99 Å². The summed E-state index contributed by atoms with van der Waals surface area (Å²) in [4.78, 5) is 16.6. The smallest absolute Gasteiger partial charge is 0.185 e. The Hall–Kier alpha value is -3.20. The van der Waals surface area contributed by atoms with Gasteiger partial charge in [0.25, 0.3) is 0 Å². The van der Waals surface area contributed by atoms with Crippen molar-refractivity contribution in [3.05, 3.63) is 96.0 Å². The Morgan fingerprint density at radius 1 is 0.913 bits per heavy atom. The highest BCUT2D eigenvalue weighted by atomic mass is 16.3. The van der Waals surface area contributed by atoms with E-state index in [1.165, 1.54) is 0 Å². The topological polar surface area (TPSA) is 42.6 Å². The fourth-order valence-electron chi connectivity index (χ4n) is 2.11. The number of hydrogen-bond donors (Lipinski definition) is 0. The van der Waals surface area contributed by atoms with E-state index in [1.54, 1.807) is 36.8 Å². The number of carbonyl (C=O) groups excluding carboxylic acids is 1. The van der Waals surface area contributed by atoms with Gasteiger partial charge in [0, 0.05) is 11.1 Å². The van der Waals surface area contributed by atoms with Gasteiger partial charge in [-0.15, -0.1) is 0 Å². The molecule has 0 unspecified atom stereocenters. The van der Waals surface area contributed by atoms with E-state index in [0.717, 1.165) is 11.3 Å². The van der Waals surface area contributed by atoms with Gasteiger partial charge in [-0.3, -0.25) is 9.79 Å². The number of benzene rings is 2. The Kier molecular flexibility index (Phi) is 4.60. The van der Waals surface area contributed by atoms with Crippen molar-refractivity contribution in [2.24, 2.45) is 4.99 Å². The summed E-state index contributed by atoms with van der Waals surface area (Å²) in [5.74, 6) is 0.652. The molecule has 0 N–H and O–H groups in total. The number of aliphatic imine (C=N–C) groups is 1. The molecule has 3 heteroatoms. The Morgan fingerprint density at radius 2 is 1.70 bits per heavy atom. The molecule has 1 heterocycles. The molecule has 0 aliphatic carbocycles. The predicted octanol–water partition coefficient (Wildman–Crippen LogP) is 4.93. The number of allylic oxidation sites excluding steroid dienone is 1. The van der Waals surface area contributed by atoms with Crippen molar-refractivity contribution in [2.75, 3.05) is 0 Å². The van der Waals surface area contributed by atoms with Gasteiger partial charge in [-0.25, -0.2) is 0 Å².